The third kappa shape index (κ3) is 6.10. The molecule has 3 aromatic rings. The Morgan fingerprint density at radius 3 is 2.50 bits per heavy atom. The van der Waals surface area contributed by atoms with Crippen molar-refractivity contribution in [1.29, 1.82) is 0 Å². The molecule has 0 amide bonds. The molecule has 0 atom stereocenters. The number of carbonyl (C=O) groups is 2. The minimum atomic E-state index is -0.229. The van der Waals surface area contributed by atoms with Gasteiger partial charge in [0.2, 0.25) is 0 Å². The number of benzene rings is 2. The zero-order valence-electron chi connectivity index (χ0n) is 20.9. The molecule has 0 unspecified atom stereocenters. The lowest BCUT2D eigenvalue weighted by molar-refractivity contribution is -0.118. The fourth-order valence-electron chi connectivity index (χ4n) is 4.00. The first-order chi connectivity index (χ1) is 16.0. The van der Waals surface area contributed by atoms with E-state index in [-0.39, 0.29) is 28.5 Å². The predicted octanol–water partition coefficient (Wildman–Crippen LogP) is 6.54. The molecule has 0 saturated carbocycles. The van der Waals surface area contributed by atoms with Crippen LogP contribution in [0.1, 0.15) is 73.3 Å². The number of nitrogens with zero attached hydrogens (tertiary/aromatic N) is 1. The highest BCUT2D eigenvalue weighted by molar-refractivity contribution is 5.97. The zero-order chi connectivity index (χ0) is 25.0. The van der Waals surface area contributed by atoms with Crippen molar-refractivity contribution in [3.8, 4) is 11.5 Å². The number of pyridine rings is 1. The molecular formula is C29H33NO4. The first-order valence-electron chi connectivity index (χ1n) is 11.6. The van der Waals surface area contributed by atoms with Crippen LogP contribution in [0.5, 0.6) is 11.5 Å². The topological polar surface area (TPSA) is 76.5 Å². The zero-order valence-corrected chi connectivity index (χ0v) is 20.9. The molecule has 34 heavy (non-hydrogen) atoms. The van der Waals surface area contributed by atoms with Crippen molar-refractivity contribution in [2.24, 2.45) is 0 Å². The van der Waals surface area contributed by atoms with E-state index in [4.69, 9.17) is 4.74 Å². The summed E-state index contributed by atoms with van der Waals surface area (Å²) in [5.41, 5.74) is 5.28. The van der Waals surface area contributed by atoms with Crippen LogP contribution >= 0.6 is 0 Å². The fraction of sp³-hybridized carbons (Fsp3) is 0.345. The van der Waals surface area contributed by atoms with E-state index in [0.717, 1.165) is 34.5 Å². The maximum absolute atomic E-state index is 11.4. The van der Waals surface area contributed by atoms with Crippen LogP contribution in [0.25, 0.3) is 17.0 Å². The molecule has 0 aliphatic carbocycles. The van der Waals surface area contributed by atoms with Gasteiger partial charge < -0.3 is 9.84 Å². The number of rotatable bonds is 5. The number of ether oxygens (including phenoxy) is 1. The van der Waals surface area contributed by atoms with Gasteiger partial charge in [-0.3, -0.25) is 14.6 Å². The van der Waals surface area contributed by atoms with Crippen molar-refractivity contribution >= 4 is 28.5 Å². The van der Waals surface area contributed by atoms with Crippen molar-refractivity contribution < 1.29 is 19.4 Å². The van der Waals surface area contributed by atoms with Crippen LogP contribution < -0.4 is 4.74 Å². The van der Waals surface area contributed by atoms with Crippen molar-refractivity contribution in [3.63, 3.8) is 0 Å². The third-order valence-electron chi connectivity index (χ3n) is 5.68. The number of hydrogen-bond donors (Lipinski definition) is 1. The second kappa shape index (κ2) is 10.2. The molecule has 5 nitrogen and oxygen atoms in total. The Hall–Kier alpha value is -3.47. The van der Waals surface area contributed by atoms with Crippen LogP contribution in [0.4, 0.5) is 0 Å². The second-order valence-electron chi connectivity index (χ2n) is 9.40. The summed E-state index contributed by atoms with van der Waals surface area (Å²) in [7, 11) is 0. The summed E-state index contributed by atoms with van der Waals surface area (Å²) >= 11 is 0. The largest absolute Gasteiger partial charge is 0.507 e. The molecule has 1 aliphatic rings. The number of aromatic hydroxyl groups is 1. The summed E-state index contributed by atoms with van der Waals surface area (Å²) in [6.45, 7) is 11.6. The Morgan fingerprint density at radius 1 is 1.09 bits per heavy atom. The standard InChI is InChI=1S/C16H17NO.C13H16O3/c1-10-7-11(2)17-14-8-12-5-6-16(3,4)18-15(12)9-13(10)14;1-3-4-11(15)7-10-5-6-13(16)12(8-10)9(2)14/h5-9H,1-4H3;5-6,8,16H,3-4,7H2,1-2H3. The van der Waals surface area contributed by atoms with Crippen molar-refractivity contribution in [3.05, 3.63) is 70.4 Å². The SMILES string of the molecule is CCCC(=O)Cc1ccc(O)c(C(C)=O)c1.Cc1cc(C)c2cc3c(cc2n1)C=CC(C)(C)O3. The van der Waals surface area contributed by atoms with Gasteiger partial charge in [-0.05, 0) is 88.6 Å². The molecule has 1 N–H and O–H groups in total. The minimum absolute atomic E-state index is 0.0285. The summed E-state index contributed by atoms with van der Waals surface area (Å²) in [6.07, 6.45) is 5.92. The number of phenolic OH excluding ortho intramolecular Hbond substituents is 1. The summed E-state index contributed by atoms with van der Waals surface area (Å²) in [4.78, 5) is 27.2. The molecule has 0 spiro atoms. The van der Waals surface area contributed by atoms with Crippen molar-refractivity contribution in [2.45, 2.75) is 66.4 Å². The van der Waals surface area contributed by atoms with Crippen molar-refractivity contribution in [2.75, 3.05) is 0 Å². The first-order valence-corrected chi connectivity index (χ1v) is 11.6. The van der Waals surface area contributed by atoms with E-state index in [2.05, 4.69) is 56.1 Å². The Balaban J connectivity index is 0.000000192. The van der Waals surface area contributed by atoms with Gasteiger partial charge in [0.05, 0.1) is 11.1 Å². The van der Waals surface area contributed by atoms with Crippen LogP contribution in [0.15, 0.2) is 42.5 Å². The number of aryl methyl sites for hydroxylation is 2. The molecular weight excluding hydrogens is 426 g/mol. The molecule has 4 rings (SSSR count). The monoisotopic (exact) mass is 459 g/mol. The molecule has 0 saturated heterocycles. The van der Waals surface area contributed by atoms with E-state index in [0.29, 0.717) is 12.8 Å². The summed E-state index contributed by atoms with van der Waals surface area (Å²) < 4.78 is 6.00. The molecule has 0 bridgehead atoms. The number of Topliss-reactive ketones (excluding diaryl/α,β-unsaturated/α-hetero) is 2. The molecule has 1 aliphatic heterocycles. The maximum Gasteiger partial charge on any atom is 0.163 e. The predicted molar refractivity (Wildman–Crippen MR) is 137 cm³/mol. The van der Waals surface area contributed by atoms with E-state index < -0.39 is 0 Å². The maximum atomic E-state index is 11.4. The second-order valence-corrected chi connectivity index (χ2v) is 9.40. The summed E-state index contributed by atoms with van der Waals surface area (Å²) in [6, 6.07) is 11.1. The van der Waals surface area contributed by atoms with E-state index in [1.807, 2.05) is 13.8 Å². The highest BCUT2D eigenvalue weighted by atomic mass is 16.5. The molecule has 178 valence electrons. The van der Waals surface area contributed by atoms with Gasteiger partial charge >= 0.3 is 0 Å². The van der Waals surface area contributed by atoms with Gasteiger partial charge in [-0.15, -0.1) is 0 Å². The molecule has 0 fully saturated rings. The number of fused-ring (bicyclic) bond motifs is 2. The van der Waals surface area contributed by atoms with Crippen LogP contribution in [0.2, 0.25) is 0 Å². The van der Waals surface area contributed by atoms with Crippen LogP contribution in [0, 0.1) is 13.8 Å². The third-order valence-corrected chi connectivity index (χ3v) is 5.68. The van der Waals surface area contributed by atoms with Crippen molar-refractivity contribution in [1.82, 2.24) is 4.98 Å². The molecule has 2 aromatic carbocycles. The number of aromatic nitrogens is 1. The Bertz CT molecular complexity index is 1270. The fourth-order valence-corrected chi connectivity index (χ4v) is 4.00. The lowest BCUT2D eigenvalue weighted by Gasteiger charge is -2.28. The Kier molecular flexibility index (Phi) is 7.55. The van der Waals surface area contributed by atoms with Gasteiger partial charge in [0.1, 0.15) is 22.9 Å². The quantitative estimate of drug-likeness (QED) is 0.438. The first kappa shape index (κ1) is 25.2. The molecule has 1 aromatic heterocycles. The van der Waals surface area contributed by atoms with Gasteiger partial charge in [-0.1, -0.05) is 19.1 Å². The Morgan fingerprint density at radius 2 is 1.82 bits per heavy atom. The minimum Gasteiger partial charge on any atom is -0.507 e. The van der Waals surface area contributed by atoms with Gasteiger partial charge in [-0.25, -0.2) is 0 Å². The van der Waals surface area contributed by atoms with Gasteiger partial charge in [-0.2, -0.15) is 0 Å². The average Bonchev–Trinajstić information content (AvgIpc) is 2.74. The average molecular weight is 460 g/mol. The number of ketones is 2. The van der Waals surface area contributed by atoms with E-state index >= 15 is 0 Å². The molecule has 0 radical (unpaired) electrons. The van der Waals surface area contributed by atoms with Crippen LogP contribution in [-0.4, -0.2) is 27.3 Å². The van der Waals surface area contributed by atoms with E-state index in [9.17, 15) is 14.7 Å². The van der Waals surface area contributed by atoms with Crippen LogP contribution in [-0.2, 0) is 11.2 Å². The van der Waals surface area contributed by atoms with E-state index in [1.165, 1.54) is 23.9 Å². The Labute approximate surface area is 201 Å². The summed E-state index contributed by atoms with van der Waals surface area (Å²) in [5, 5.41) is 10.6. The molecule has 2 heterocycles. The van der Waals surface area contributed by atoms with Gasteiger partial charge in [0, 0.05) is 29.5 Å². The van der Waals surface area contributed by atoms with Crippen LogP contribution in [0.3, 0.4) is 0 Å². The lowest BCUT2D eigenvalue weighted by atomic mass is 9.99. The lowest BCUT2D eigenvalue weighted by Crippen LogP contribution is -2.27. The number of phenols is 1. The number of hydrogen-bond acceptors (Lipinski definition) is 5. The smallest absolute Gasteiger partial charge is 0.163 e. The summed E-state index contributed by atoms with van der Waals surface area (Å²) in [5.74, 6) is 0.882. The molecule has 5 heteroatoms. The normalized spacial score (nSPS) is 13.5. The highest BCUT2D eigenvalue weighted by Crippen LogP contribution is 2.34. The van der Waals surface area contributed by atoms with E-state index in [1.54, 1.807) is 12.1 Å². The highest BCUT2D eigenvalue weighted by Gasteiger charge is 2.22. The van der Waals surface area contributed by atoms with Gasteiger partial charge in [0.15, 0.2) is 5.78 Å². The number of carbonyl (C=O) groups excluding carboxylic acids is 2. The van der Waals surface area contributed by atoms with Gasteiger partial charge in [0.25, 0.3) is 0 Å².